The molecule has 1 aliphatic rings. The van der Waals surface area contributed by atoms with Gasteiger partial charge in [0.25, 0.3) is 0 Å². The van der Waals surface area contributed by atoms with Gasteiger partial charge in [0, 0.05) is 18.7 Å². The Bertz CT molecular complexity index is 515. The van der Waals surface area contributed by atoms with Gasteiger partial charge in [0.05, 0.1) is 11.7 Å². The first-order valence-corrected chi connectivity index (χ1v) is 5.87. The third-order valence-corrected chi connectivity index (χ3v) is 3.57. The Kier molecular flexibility index (Phi) is 2.21. The number of nitrogens with zero attached hydrogens (tertiary/aromatic N) is 3. The lowest BCUT2D eigenvalue weighted by Gasteiger charge is -2.09. The molecule has 0 aliphatic carbocycles. The van der Waals surface area contributed by atoms with Gasteiger partial charge < -0.3 is 9.30 Å². The maximum Gasteiger partial charge on any atom is 0.117 e. The first-order valence-electron chi connectivity index (χ1n) is 5.87. The summed E-state index contributed by atoms with van der Waals surface area (Å²) < 4.78 is 2.25. The predicted octanol–water partition coefficient (Wildman–Crippen LogP) is 2.06. The van der Waals surface area contributed by atoms with Crippen LogP contribution in [0, 0.1) is 6.92 Å². The first-order chi connectivity index (χ1) is 7.75. The van der Waals surface area contributed by atoms with E-state index in [2.05, 4.69) is 46.6 Å². The molecule has 16 heavy (non-hydrogen) atoms. The highest BCUT2D eigenvalue weighted by atomic mass is 15.1. The minimum Gasteiger partial charge on any atom is -0.306 e. The van der Waals surface area contributed by atoms with Crippen molar-refractivity contribution in [2.75, 3.05) is 20.1 Å². The average molecular weight is 215 g/mol. The molecule has 3 rings (SSSR count). The highest BCUT2D eigenvalue weighted by Crippen LogP contribution is 2.26. The van der Waals surface area contributed by atoms with Crippen LogP contribution >= 0.6 is 0 Å². The molecule has 1 fully saturated rings. The van der Waals surface area contributed by atoms with E-state index in [1.807, 2.05) is 6.20 Å². The van der Waals surface area contributed by atoms with E-state index in [9.17, 15) is 0 Å². The fourth-order valence-corrected chi connectivity index (χ4v) is 2.63. The van der Waals surface area contributed by atoms with Crippen LogP contribution in [0.15, 0.2) is 24.5 Å². The number of pyridine rings is 1. The second kappa shape index (κ2) is 3.59. The molecular formula is C13H17N3. The summed E-state index contributed by atoms with van der Waals surface area (Å²) >= 11 is 0. The lowest BCUT2D eigenvalue weighted by molar-refractivity contribution is 0.409. The Morgan fingerprint density at radius 3 is 3.06 bits per heavy atom. The topological polar surface area (TPSA) is 20.5 Å². The predicted molar refractivity (Wildman–Crippen MR) is 64.8 cm³/mol. The minimum atomic E-state index is 0.592. The van der Waals surface area contributed by atoms with Gasteiger partial charge in [0.1, 0.15) is 5.82 Å². The van der Waals surface area contributed by atoms with E-state index in [-0.39, 0.29) is 0 Å². The molecule has 3 nitrogen and oxygen atoms in total. The monoisotopic (exact) mass is 215 g/mol. The second-order valence-corrected chi connectivity index (χ2v) is 4.81. The minimum absolute atomic E-state index is 0.592. The quantitative estimate of drug-likeness (QED) is 0.726. The number of aryl methyl sites for hydroxylation is 1. The number of hydrogen-bond acceptors (Lipinski definition) is 2. The van der Waals surface area contributed by atoms with E-state index in [0.717, 1.165) is 6.54 Å². The highest BCUT2D eigenvalue weighted by Gasteiger charge is 2.24. The zero-order valence-corrected chi connectivity index (χ0v) is 9.85. The van der Waals surface area contributed by atoms with E-state index in [0.29, 0.717) is 5.92 Å². The van der Waals surface area contributed by atoms with E-state index in [4.69, 9.17) is 0 Å². The summed E-state index contributed by atoms with van der Waals surface area (Å²) in [5.74, 6) is 1.82. The average Bonchev–Trinajstić information content (AvgIpc) is 2.84. The molecule has 0 radical (unpaired) electrons. The summed E-state index contributed by atoms with van der Waals surface area (Å²) in [5.41, 5.74) is 2.54. The number of likely N-dealkylation sites (tertiary alicyclic amines) is 1. The summed E-state index contributed by atoms with van der Waals surface area (Å²) in [7, 11) is 2.18. The summed E-state index contributed by atoms with van der Waals surface area (Å²) in [6, 6.07) is 4.24. The highest BCUT2D eigenvalue weighted by molar-refractivity contribution is 5.53. The zero-order chi connectivity index (χ0) is 11.1. The van der Waals surface area contributed by atoms with Crippen molar-refractivity contribution < 1.29 is 0 Å². The first kappa shape index (κ1) is 9.85. The van der Waals surface area contributed by atoms with Gasteiger partial charge in [-0.05, 0) is 38.6 Å². The van der Waals surface area contributed by atoms with Crippen LogP contribution in [0.3, 0.4) is 0 Å². The molecule has 0 saturated carbocycles. The van der Waals surface area contributed by atoms with E-state index < -0.39 is 0 Å². The lowest BCUT2D eigenvalue weighted by Crippen LogP contribution is -2.14. The molecule has 1 unspecified atom stereocenters. The van der Waals surface area contributed by atoms with Crippen molar-refractivity contribution in [3.8, 4) is 0 Å². The van der Waals surface area contributed by atoms with Gasteiger partial charge in [0.15, 0.2) is 0 Å². The van der Waals surface area contributed by atoms with E-state index in [1.54, 1.807) is 0 Å². The van der Waals surface area contributed by atoms with Crippen molar-refractivity contribution in [1.82, 2.24) is 14.3 Å². The SMILES string of the molecule is Cc1cccn2c(C3CCN(C)C3)ncc12. The van der Waals surface area contributed by atoms with Crippen LogP contribution in [0.2, 0.25) is 0 Å². The van der Waals surface area contributed by atoms with Gasteiger partial charge in [-0.1, -0.05) is 6.07 Å². The molecular weight excluding hydrogens is 198 g/mol. The third-order valence-electron chi connectivity index (χ3n) is 3.57. The Morgan fingerprint density at radius 1 is 1.44 bits per heavy atom. The molecule has 0 amide bonds. The molecule has 3 heterocycles. The van der Waals surface area contributed by atoms with Crippen LogP contribution in [0.4, 0.5) is 0 Å². The van der Waals surface area contributed by atoms with Crippen molar-refractivity contribution in [2.24, 2.45) is 0 Å². The second-order valence-electron chi connectivity index (χ2n) is 4.81. The summed E-state index contributed by atoms with van der Waals surface area (Å²) in [4.78, 5) is 6.99. The fourth-order valence-electron chi connectivity index (χ4n) is 2.63. The van der Waals surface area contributed by atoms with Crippen molar-refractivity contribution in [2.45, 2.75) is 19.3 Å². The Morgan fingerprint density at radius 2 is 2.31 bits per heavy atom. The maximum absolute atomic E-state index is 4.61. The van der Waals surface area contributed by atoms with Crippen molar-refractivity contribution in [1.29, 1.82) is 0 Å². The summed E-state index contributed by atoms with van der Waals surface area (Å²) in [5, 5.41) is 0. The smallest absolute Gasteiger partial charge is 0.117 e. The molecule has 2 aromatic rings. The van der Waals surface area contributed by atoms with Crippen LogP contribution in [0.5, 0.6) is 0 Å². The van der Waals surface area contributed by atoms with Crippen molar-refractivity contribution >= 4 is 5.52 Å². The van der Waals surface area contributed by atoms with Crippen LogP contribution in [0.1, 0.15) is 23.7 Å². The van der Waals surface area contributed by atoms with Crippen LogP contribution in [-0.4, -0.2) is 34.4 Å². The molecule has 0 N–H and O–H groups in total. The summed E-state index contributed by atoms with van der Waals surface area (Å²) in [6.07, 6.45) is 5.36. The molecule has 1 saturated heterocycles. The standard InChI is InChI=1S/C13H17N3/c1-10-4-3-6-16-12(10)8-14-13(16)11-5-7-15(2)9-11/h3-4,6,8,11H,5,7,9H2,1-2H3. The maximum atomic E-state index is 4.61. The zero-order valence-electron chi connectivity index (χ0n) is 9.85. The van der Waals surface area contributed by atoms with Gasteiger partial charge in [-0.25, -0.2) is 4.98 Å². The number of rotatable bonds is 1. The van der Waals surface area contributed by atoms with E-state index in [1.165, 1.54) is 29.9 Å². The molecule has 2 aromatic heterocycles. The van der Waals surface area contributed by atoms with Crippen molar-refractivity contribution in [3.63, 3.8) is 0 Å². The molecule has 0 spiro atoms. The number of likely N-dealkylation sites (N-methyl/N-ethyl adjacent to an activating group) is 1. The van der Waals surface area contributed by atoms with Gasteiger partial charge in [-0.15, -0.1) is 0 Å². The van der Waals surface area contributed by atoms with Crippen LogP contribution < -0.4 is 0 Å². The Labute approximate surface area is 95.7 Å². The van der Waals surface area contributed by atoms with Gasteiger partial charge in [-0.2, -0.15) is 0 Å². The molecule has 1 aliphatic heterocycles. The van der Waals surface area contributed by atoms with Crippen LogP contribution in [0.25, 0.3) is 5.52 Å². The van der Waals surface area contributed by atoms with Gasteiger partial charge >= 0.3 is 0 Å². The molecule has 1 atom stereocenters. The Balaban J connectivity index is 2.08. The Hall–Kier alpha value is -1.35. The lowest BCUT2D eigenvalue weighted by atomic mass is 10.1. The number of imidazole rings is 1. The molecule has 84 valence electrons. The molecule has 3 heteroatoms. The molecule has 0 bridgehead atoms. The number of hydrogen-bond donors (Lipinski definition) is 0. The number of aromatic nitrogens is 2. The van der Waals surface area contributed by atoms with Gasteiger partial charge in [0.2, 0.25) is 0 Å². The van der Waals surface area contributed by atoms with Gasteiger partial charge in [-0.3, -0.25) is 0 Å². The van der Waals surface area contributed by atoms with Crippen molar-refractivity contribution in [3.05, 3.63) is 35.9 Å². The van der Waals surface area contributed by atoms with Crippen LogP contribution in [-0.2, 0) is 0 Å². The van der Waals surface area contributed by atoms with E-state index >= 15 is 0 Å². The normalized spacial score (nSPS) is 22.0. The summed E-state index contributed by atoms with van der Waals surface area (Å²) in [6.45, 7) is 4.46. The largest absolute Gasteiger partial charge is 0.306 e. The molecule has 0 aromatic carbocycles. The fraction of sp³-hybridized carbons (Fsp3) is 0.462. The number of fused-ring (bicyclic) bond motifs is 1. The third kappa shape index (κ3) is 1.43.